The van der Waals surface area contributed by atoms with Crippen LogP contribution in [-0.4, -0.2) is 24.2 Å². The van der Waals surface area contributed by atoms with Gasteiger partial charge >= 0.3 is 7.12 Å². The summed E-state index contributed by atoms with van der Waals surface area (Å²) in [4.78, 5) is 0. The molecule has 3 rings (SSSR count). The third-order valence-electron chi connectivity index (χ3n) is 5.01. The van der Waals surface area contributed by atoms with Gasteiger partial charge in [0.2, 0.25) is 0 Å². The first kappa shape index (κ1) is 12.6. The molecule has 3 aliphatic rings. The molecule has 0 N–H and O–H groups in total. The van der Waals surface area contributed by atoms with Crippen molar-refractivity contribution >= 4 is 7.12 Å². The number of allylic oxidation sites excluding steroid dienone is 2. The molecule has 2 fully saturated rings. The lowest BCUT2D eigenvalue weighted by molar-refractivity contribution is 0.00578. The largest absolute Gasteiger partial charge is 0.490 e. The maximum absolute atomic E-state index is 13.4. The third kappa shape index (κ3) is 1.60. The topological polar surface area (TPSA) is 18.5 Å². The average Bonchev–Trinajstić information content (AvgIpc) is 2.70. The van der Waals surface area contributed by atoms with E-state index in [4.69, 9.17) is 9.31 Å². The van der Waals surface area contributed by atoms with E-state index in [0.717, 1.165) is 5.47 Å². The van der Waals surface area contributed by atoms with Gasteiger partial charge in [-0.2, -0.15) is 0 Å². The van der Waals surface area contributed by atoms with Crippen LogP contribution in [0.15, 0.2) is 11.5 Å². The van der Waals surface area contributed by atoms with E-state index in [2.05, 4.69) is 0 Å². The Morgan fingerprint density at radius 2 is 1.67 bits per heavy atom. The minimum atomic E-state index is -2.47. The summed E-state index contributed by atoms with van der Waals surface area (Å²) in [5, 5.41) is 0. The van der Waals surface area contributed by atoms with Crippen LogP contribution in [-0.2, 0) is 9.31 Å². The van der Waals surface area contributed by atoms with Crippen LogP contribution in [0.4, 0.5) is 8.78 Å². The van der Waals surface area contributed by atoms with Gasteiger partial charge in [-0.1, -0.05) is 6.08 Å². The molecule has 1 heterocycles. The number of hydrogen-bond donors (Lipinski definition) is 0. The highest BCUT2D eigenvalue weighted by atomic mass is 19.3. The number of hydrogen-bond acceptors (Lipinski definition) is 2. The lowest BCUT2D eigenvalue weighted by Crippen LogP contribution is -2.41. The molecule has 0 bridgehead atoms. The van der Waals surface area contributed by atoms with Gasteiger partial charge in [-0.05, 0) is 46.0 Å². The number of rotatable bonds is 1. The molecule has 0 aromatic rings. The van der Waals surface area contributed by atoms with Gasteiger partial charge in [-0.25, -0.2) is 8.78 Å². The van der Waals surface area contributed by atoms with Crippen molar-refractivity contribution in [1.82, 2.24) is 0 Å². The summed E-state index contributed by atoms with van der Waals surface area (Å²) in [6.07, 6.45) is 2.76. The fourth-order valence-electron chi connectivity index (χ4n) is 2.86. The second-order valence-corrected chi connectivity index (χ2v) is 6.69. The molecular formula is C13H19BF2O2. The van der Waals surface area contributed by atoms with Crippen molar-refractivity contribution < 1.29 is 18.1 Å². The third-order valence-corrected chi connectivity index (χ3v) is 5.01. The second-order valence-electron chi connectivity index (χ2n) is 6.69. The van der Waals surface area contributed by atoms with Crippen LogP contribution < -0.4 is 0 Å². The zero-order valence-corrected chi connectivity index (χ0v) is 11.3. The van der Waals surface area contributed by atoms with Crippen LogP contribution >= 0.6 is 0 Å². The van der Waals surface area contributed by atoms with E-state index in [1.165, 1.54) is 0 Å². The molecule has 2 unspecified atom stereocenters. The monoisotopic (exact) mass is 256 g/mol. The molecule has 1 saturated heterocycles. The van der Waals surface area contributed by atoms with E-state index in [1.807, 2.05) is 33.8 Å². The Labute approximate surface area is 107 Å². The first-order valence-electron chi connectivity index (χ1n) is 6.57. The molecule has 0 amide bonds. The minimum absolute atomic E-state index is 0.401. The summed E-state index contributed by atoms with van der Waals surface area (Å²) < 4.78 is 38.5. The van der Waals surface area contributed by atoms with Crippen molar-refractivity contribution in [3.05, 3.63) is 11.5 Å². The maximum atomic E-state index is 13.4. The van der Waals surface area contributed by atoms with Crippen molar-refractivity contribution in [3.8, 4) is 0 Å². The smallest absolute Gasteiger partial charge is 0.400 e. The summed E-state index contributed by atoms with van der Waals surface area (Å²) in [7, 11) is -0.452. The second kappa shape index (κ2) is 3.37. The SMILES string of the molecule is CC1(C)OB(C2=CCC3C(C2)C3(F)F)OC1(C)C. The Morgan fingerprint density at radius 3 is 2.17 bits per heavy atom. The number of fused-ring (bicyclic) bond motifs is 1. The molecule has 1 aliphatic heterocycles. The summed E-state index contributed by atoms with van der Waals surface area (Å²) in [6, 6.07) is 0. The van der Waals surface area contributed by atoms with Gasteiger partial charge in [0.25, 0.3) is 5.92 Å². The van der Waals surface area contributed by atoms with E-state index in [0.29, 0.717) is 12.8 Å². The van der Waals surface area contributed by atoms with Crippen LogP contribution in [0.2, 0.25) is 0 Å². The van der Waals surface area contributed by atoms with Crippen molar-refractivity contribution in [1.29, 1.82) is 0 Å². The minimum Gasteiger partial charge on any atom is -0.400 e. The van der Waals surface area contributed by atoms with Crippen LogP contribution in [0.25, 0.3) is 0 Å². The molecule has 100 valence electrons. The van der Waals surface area contributed by atoms with Gasteiger partial charge in [0.05, 0.1) is 11.2 Å². The molecule has 0 aromatic heterocycles. The van der Waals surface area contributed by atoms with Crippen molar-refractivity contribution in [2.75, 3.05) is 0 Å². The van der Waals surface area contributed by atoms with E-state index in [9.17, 15) is 8.78 Å². The van der Waals surface area contributed by atoms with Gasteiger partial charge in [-0.15, -0.1) is 0 Å². The Bertz CT molecular complexity index is 401. The first-order chi connectivity index (χ1) is 8.15. The maximum Gasteiger partial charge on any atom is 0.490 e. The van der Waals surface area contributed by atoms with Gasteiger partial charge in [0.1, 0.15) is 0 Å². The molecular weight excluding hydrogens is 237 g/mol. The molecule has 1 saturated carbocycles. The first-order valence-corrected chi connectivity index (χ1v) is 6.57. The van der Waals surface area contributed by atoms with Gasteiger partial charge < -0.3 is 9.31 Å². The van der Waals surface area contributed by atoms with E-state index in [1.54, 1.807) is 0 Å². The molecule has 0 aromatic carbocycles. The van der Waals surface area contributed by atoms with Crippen LogP contribution in [0.3, 0.4) is 0 Å². The molecule has 0 spiro atoms. The highest BCUT2D eigenvalue weighted by Gasteiger charge is 2.69. The standard InChI is InChI=1S/C13H19BF2O2/c1-11(2)12(3,4)18-14(17-11)8-5-6-9-10(7-8)13(9,15)16/h5,9-10H,6-7H2,1-4H3. The Balaban J connectivity index is 1.74. The summed E-state index contributed by atoms with van der Waals surface area (Å²) in [6.45, 7) is 7.91. The van der Waals surface area contributed by atoms with Crippen molar-refractivity contribution in [3.63, 3.8) is 0 Å². The van der Waals surface area contributed by atoms with Crippen LogP contribution in [0.1, 0.15) is 40.5 Å². The summed E-state index contributed by atoms with van der Waals surface area (Å²) in [5.41, 5.74) is 0.0927. The zero-order valence-electron chi connectivity index (χ0n) is 11.3. The lowest BCUT2D eigenvalue weighted by Gasteiger charge is -2.32. The predicted octanol–water partition coefficient (Wildman–Crippen LogP) is 3.22. The van der Waals surface area contributed by atoms with E-state index < -0.39 is 36.1 Å². The highest BCUT2D eigenvalue weighted by molar-refractivity contribution is 6.54. The molecule has 18 heavy (non-hydrogen) atoms. The normalized spacial score (nSPS) is 39.2. The van der Waals surface area contributed by atoms with E-state index in [-0.39, 0.29) is 0 Å². The Morgan fingerprint density at radius 1 is 1.11 bits per heavy atom. The Kier molecular flexibility index (Phi) is 2.36. The van der Waals surface area contributed by atoms with Gasteiger partial charge in [0.15, 0.2) is 0 Å². The van der Waals surface area contributed by atoms with E-state index >= 15 is 0 Å². The quantitative estimate of drug-likeness (QED) is 0.670. The summed E-state index contributed by atoms with van der Waals surface area (Å²) in [5.74, 6) is -3.40. The van der Waals surface area contributed by atoms with Gasteiger partial charge in [0, 0.05) is 11.8 Å². The molecule has 2 nitrogen and oxygen atoms in total. The summed E-state index contributed by atoms with van der Waals surface area (Å²) >= 11 is 0. The number of alkyl halides is 2. The molecule has 2 atom stereocenters. The molecule has 2 aliphatic carbocycles. The lowest BCUT2D eigenvalue weighted by atomic mass is 9.72. The number of halogens is 2. The fourth-order valence-corrected chi connectivity index (χ4v) is 2.86. The Hall–Kier alpha value is -0.415. The van der Waals surface area contributed by atoms with Crippen molar-refractivity contribution in [2.24, 2.45) is 11.8 Å². The molecule has 0 radical (unpaired) electrons. The van der Waals surface area contributed by atoms with Crippen molar-refractivity contribution in [2.45, 2.75) is 57.7 Å². The predicted molar refractivity (Wildman–Crippen MR) is 65.3 cm³/mol. The van der Waals surface area contributed by atoms with Crippen LogP contribution in [0, 0.1) is 11.8 Å². The average molecular weight is 256 g/mol. The van der Waals surface area contributed by atoms with Gasteiger partial charge in [-0.3, -0.25) is 0 Å². The zero-order chi connectivity index (χ0) is 13.3. The molecule has 5 heteroatoms. The van der Waals surface area contributed by atoms with Crippen LogP contribution in [0.5, 0.6) is 0 Å². The highest BCUT2D eigenvalue weighted by Crippen LogP contribution is 2.62. The fraction of sp³-hybridized carbons (Fsp3) is 0.846.